The molecule has 112 valence electrons. The Labute approximate surface area is 119 Å². The van der Waals surface area contributed by atoms with Crippen LogP contribution in [0.1, 0.15) is 39.5 Å². The van der Waals surface area contributed by atoms with Crippen LogP contribution < -0.4 is 5.32 Å². The summed E-state index contributed by atoms with van der Waals surface area (Å²) in [5, 5.41) is 3.56. The van der Waals surface area contributed by atoms with E-state index in [1.807, 2.05) is 0 Å². The Kier molecular flexibility index (Phi) is 6.11. The molecule has 0 aliphatic carbocycles. The summed E-state index contributed by atoms with van der Waals surface area (Å²) < 4.78 is 0. The number of nitrogens with zero attached hydrogens (tertiary/aromatic N) is 2. The van der Waals surface area contributed by atoms with Gasteiger partial charge in [-0.3, -0.25) is 0 Å². The number of hydrogen-bond acceptors (Lipinski definition) is 3. The molecule has 0 bridgehead atoms. The predicted molar refractivity (Wildman–Crippen MR) is 82.5 cm³/mol. The summed E-state index contributed by atoms with van der Waals surface area (Å²) in [7, 11) is 2.28. The molecule has 0 aromatic heterocycles. The normalized spacial score (nSPS) is 32.4. The van der Waals surface area contributed by atoms with E-state index in [1.165, 1.54) is 65.0 Å². The largest absolute Gasteiger partial charge is 0.316 e. The van der Waals surface area contributed by atoms with Crippen LogP contribution >= 0.6 is 0 Å². The standard InChI is InChI=1S/C16H33N3/c1-4-16-13-19(11-10-18(16)3)9-7-14(2)15-6-5-8-17-12-15/h14-17H,4-13H2,1-3H3. The highest BCUT2D eigenvalue weighted by atomic mass is 15.3. The first kappa shape index (κ1) is 15.3. The molecule has 0 spiro atoms. The van der Waals surface area contributed by atoms with Crippen molar-refractivity contribution in [2.24, 2.45) is 11.8 Å². The van der Waals surface area contributed by atoms with E-state index < -0.39 is 0 Å². The number of nitrogens with one attached hydrogen (secondary N) is 1. The van der Waals surface area contributed by atoms with Gasteiger partial charge in [-0.15, -0.1) is 0 Å². The maximum Gasteiger partial charge on any atom is 0.0218 e. The van der Waals surface area contributed by atoms with Gasteiger partial charge in [-0.05, 0) is 64.2 Å². The third-order valence-corrected chi connectivity index (χ3v) is 5.37. The van der Waals surface area contributed by atoms with Gasteiger partial charge in [-0.25, -0.2) is 0 Å². The molecule has 2 rings (SSSR count). The van der Waals surface area contributed by atoms with Crippen molar-refractivity contribution in [3.05, 3.63) is 0 Å². The monoisotopic (exact) mass is 267 g/mol. The molecular formula is C16H33N3. The van der Waals surface area contributed by atoms with Gasteiger partial charge in [-0.2, -0.15) is 0 Å². The minimum absolute atomic E-state index is 0.778. The van der Waals surface area contributed by atoms with Crippen molar-refractivity contribution in [2.45, 2.75) is 45.6 Å². The van der Waals surface area contributed by atoms with Crippen molar-refractivity contribution in [3.63, 3.8) is 0 Å². The molecular weight excluding hydrogens is 234 g/mol. The summed E-state index contributed by atoms with van der Waals surface area (Å²) >= 11 is 0. The lowest BCUT2D eigenvalue weighted by atomic mass is 9.85. The molecule has 0 aromatic rings. The summed E-state index contributed by atoms with van der Waals surface area (Å²) in [6.07, 6.45) is 5.48. The first-order valence-corrected chi connectivity index (χ1v) is 8.34. The van der Waals surface area contributed by atoms with Crippen LogP contribution in [0, 0.1) is 11.8 Å². The molecule has 3 unspecified atom stereocenters. The Bertz CT molecular complexity index is 250. The Morgan fingerprint density at radius 1 is 1.32 bits per heavy atom. The van der Waals surface area contributed by atoms with E-state index in [2.05, 4.69) is 36.0 Å². The van der Waals surface area contributed by atoms with Crippen LogP contribution in [-0.2, 0) is 0 Å². The van der Waals surface area contributed by atoms with Gasteiger partial charge in [0, 0.05) is 25.7 Å². The van der Waals surface area contributed by atoms with E-state index in [9.17, 15) is 0 Å². The Morgan fingerprint density at radius 3 is 2.84 bits per heavy atom. The average molecular weight is 267 g/mol. The van der Waals surface area contributed by atoms with Gasteiger partial charge in [0.15, 0.2) is 0 Å². The second-order valence-electron chi connectivity index (χ2n) is 6.72. The summed E-state index contributed by atoms with van der Waals surface area (Å²) in [4.78, 5) is 5.23. The lowest BCUT2D eigenvalue weighted by molar-refractivity contribution is 0.0859. The van der Waals surface area contributed by atoms with E-state index in [0.717, 1.165) is 17.9 Å². The minimum atomic E-state index is 0.778. The van der Waals surface area contributed by atoms with Gasteiger partial charge < -0.3 is 15.1 Å². The van der Waals surface area contributed by atoms with Crippen molar-refractivity contribution in [1.29, 1.82) is 0 Å². The minimum Gasteiger partial charge on any atom is -0.316 e. The van der Waals surface area contributed by atoms with Crippen molar-refractivity contribution in [2.75, 3.05) is 46.3 Å². The van der Waals surface area contributed by atoms with Gasteiger partial charge in [0.2, 0.25) is 0 Å². The second kappa shape index (κ2) is 7.61. The van der Waals surface area contributed by atoms with Crippen LogP contribution in [0.15, 0.2) is 0 Å². The van der Waals surface area contributed by atoms with Gasteiger partial charge in [0.1, 0.15) is 0 Å². The van der Waals surface area contributed by atoms with Crippen LogP contribution in [-0.4, -0.2) is 62.2 Å². The fourth-order valence-corrected chi connectivity index (χ4v) is 3.64. The molecule has 3 nitrogen and oxygen atoms in total. The van der Waals surface area contributed by atoms with Crippen molar-refractivity contribution < 1.29 is 0 Å². The average Bonchev–Trinajstić information content (AvgIpc) is 2.47. The lowest BCUT2D eigenvalue weighted by Crippen LogP contribution is -2.51. The number of piperidine rings is 1. The van der Waals surface area contributed by atoms with E-state index in [0.29, 0.717) is 0 Å². The Balaban J connectivity index is 1.69. The number of likely N-dealkylation sites (N-methyl/N-ethyl adjacent to an activating group) is 1. The van der Waals surface area contributed by atoms with E-state index in [4.69, 9.17) is 0 Å². The van der Waals surface area contributed by atoms with Crippen molar-refractivity contribution in [3.8, 4) is 0 Å². The molecule has 19 heavy (non-hydrogen) atoms. The van der Waals surface area contributed by atoms with Gasteiger partial charge in [0.25, 0.3) is 0 Å². The first-order valence-electron chi connectivity index (χ1n) is 8.34. The molecule has 2 heterocycles. The van der Waals surface area contributed by atoms with E-state index in [-0.39, 0.29) is 0 Å². The predicted octanol–water partition coefficient (Wildman–Crippen LogP) is 2.04. The fourth-order valence-electron chi connectivity index (χ4n) is 3.64. The van der Waals surface area contributed by atoms with E-state index >= 15 is 0 Å². The van der Waals surface area contributed by atoms with Crippen LogP contribution in [0.2, 0.25) is 0 Å². The van der Waals surface area contributed by atoms with Gasteiger partial charge in [0.05, 0.1) is 0 Å². The van der Waals surface area contributed by atoms with Crippen LogP contribution in [0.4, 0.5) is 0 Å². The first-order chi connectivity index (χ1) is 9.20. The highest BCUT2D eigenvalue weighted by Gasteiger charge is 2.24. The summed E-state index contributed by atoms with van der Waals surface area (Å²) in [6, 6.07) is 0.778. The summed E-state index contributed by atoms with van der Waals surface area (Å²) in [5.74, 6) is 1.80. The molecule has 2 saturated heterocycles. The zero-order chi connectivity index (χ0) is 13.7. The fraction of sp³-hybridized carbons (Fsp3) is 1.00. The van der Waals surface area contributed by atoms with Crippen molar-refractivity contribution >= 4 is 0 Å². The van der Waals surface area contributed by atoms with Gasteiger partial charge >= 0.3 is 0 Å². The van der Waals surface area contributed by atoms with Gasteiger partial charge in [-0.1, -0.05) is 13.8 Å². The number of hydrogen-bond donors (Lipinski definition) is 1. The lowest BCUT2D eigenvalue weighted by Gasteiger charge is -2.40. The maximum atomic E-state index is 3.56. The summed E-state index contributed by atoms with van der Waals surface area (Å²) in [6.45, 7) is 12.4. The molecule has 0 radical (unpaired) electrons. The summed E-state index contributed by atoms with van der Waals surface area (Å²) in [5.41, 5.74) is 0. The van der Waals surface area contributed by atoms with Crippen LogP contribution in [0.25, 0.3) is 0 Å². The Hall–Kier alpha value is -0.120. The van der Waals surface area contributed by atoms with Crippen LogP contribution in [0.3, 0.4) is 0 Å². The second-order valence-corrected chi connectivity index (χ2v) is 6.72. The zero-order valence-electron chi connectivity index (χ0n) is 13.2. The highest BCUT2D eigenvalue weighted by molar-refractivity contribution is 4.80. The quantitative estimate of drug-likeness (QED) is 0.822. The smallest absolute Gasteiger partial charge is 0.0218 e. The topological polar surface area (TPSA) is 18.5 Å². The highest BCUT2D eigenvalue weighted by Crippen LogP contribution is 2.23. The molecule has 2 aliphatic rings. The number of piperazine rings is 1. The molecule has 0 saturated carbocycles. The number of rotatable bonds is 5. The zero-order valence-corrected chi connectivity index (χ0v) is 13.2. The Morgan fingerprint density at radius 2 is 2.16 bits per heavy atom. The van der Waals surface area contributed by atoms with E-state index in [1.54, 1.807) is 0 Å². The maximum absolute atomic E-state index is 3.56. The third kappa shape index (κ3) is 4.44. The molecule has 0 amide bonds. The molecule has 2 aliphatic heterocycles. The molecule has 3 atom stereocenters. The molecule has 2 fully saturated rings. The third-order valence-electron chi connectivity index (χ3n) is 5.37. The molecule has 1 N–H and O–H groups in total. The molecule has 0 aromatic carbocycles. The van der Waals surface area contributed by atoms with Crippen LogP contribution in [0.5, 0.6) is 0 Å². The molecule has 3 heteroatoms. The SMILES string of the molecule is CCC1CN(CCC(C)C2CCCNC2)CCN1C. The van der Waals surface area contributed by atoms with Crippen molar-refractivity contribution in [1.82, 2.24) is 15.1 Å².